The van der Waals surface area contributed by atoms with Gasteiger partial charge in [-0.2, -0.15) is 0 Å². The number of piperidine rings is 1. The number of aldehydes is 1. The maximum absolute atomic E-state index is 10.5. The Bertz CT molecular complexity index is 179. The Morgan fingerprint density at radius 1 is 1.31 bits per heavy atom. The molecule has 2 heterocycles. The highest BCUT2D eigenvalue weighted by Crippen LogP contribution is 2.39. The fraction of sp³-hybridized carbons (Fsp3) is 0.909. The van der Waals surface area contributed by atoms with Crippen LogP contribution in [0.15, 0.2) is 0 Å². The Labute approximate surface area is 80.3 Å². The molecule has 2 aliphatic heterocycles. The van der Waals surface area contributed by atoms with Gasteiger partial charge in [0.15, 0.2) is 0 Å². The molecule has 0 radical (unpaired) electrons. The Morgan fingerprint density at radius 3 is 2.38 bits per heavy atom. The van der Waals surface area contributed by atoms with E-state index in [-0.39, 0.29) is 0 Å². The van der Waals surface area contributed by atoms with Gasteiger partial charge in [-0.1, -0.05) is 13.3 Å². The highest BCUT2D eigenvalue weighted by atomic mass is 16.1. The van der Waals surface area contributed by atoms with Crippen molar-refractivity contribution >= 4 is 6.29 Å². The third-order valence-corrected chi connectivity index (χ3v) is 3.84. The molecule has 0 spiro atoms. The van der Waals surface area contributed by atoms with E-state index in [0.717, 1.165) is 24.3 Å². The second-order valence-corrected chi connectivity index (χ2v) is 4.49. The Kier molecular flexibility index (Phi) is 2.68. The zero-order valence-corrected chi connectivity index (χ0v) is 8.41. The highest BCUT2D eigenvalue weighted by molar-refractivity contribution is 5.52. The molecule has 0 N–H and O–H groups in total. The second-order valence-electron chi connectivity index (χ2n) is 4.49. The minimum atomic E-state index is 0.672. The molecule has 2 fully saturated rings. The Hall–Kier alpha value is -0.370. The molecule has 0 saturated carbocycles. The summed E-state index contributed by atoms with van der Waals surface area (Å²) in [7, 11) is 0. The molecule has 2 atom stereocenters. The molecule has 0 aliphatic carbocycles. The molecule has 2 aliphatic rings. The lowest BCUT2D eigenvalue weighted by Crippen LogP contribution is -2.43. The van der Waals surface area contributed by atoms with Crippen molar-refractivity contribution in [3.63, 3.8) is 0 Å². The van der Waals surface area contributed by atoms with E-state index in [9.17, 15) is 4.79 Å². The molecule has 0 amide bonds. The number of hydrogen-bond donors (Lipinski definition) is 0. The number of rotatable bonds is 3. The summed E-state index contributed by atoms with van der Waals surface area (Å²) >= 11 is 0. The number of fused-ring (bicyclic) bond motifs is 2. The molecular formula is C11H19NO. The Morgan fingerprint density at radius 2 is 1.92 bits per heavy atom. The predicted molar refractivity (Wildman–Crippen MR) is 52.6 cm³/mol. The third kappa shape index (κ3) is 1.64. The molecule has 0 aromatic rings. The summed E-state index contributed by atoms with van der Waals surface area (Å²) < 4.78 is 0. The first-order valence-corrected chi connectivity index (χ1v) is 5.54. The van der Waals surface area contributed by atoms with E-state index in [1.165, 1.54) is 32.1 Å². The quantitative estimate of drug-likeness (QED) is 0.619. The van der Waals surface area contributed by atoms with Crippen LogP contribution in [0, 0.1) is 5.92 Å². The first-order valence-electron chi connectivity index (χ1n) is 5.54. The van der Waals surface area contributed by atoms with Gasteiger partial charge in [-0.25, -0.2) is 0 Å². The van der Waals surface area contributed by atoms with Crippen molar-refractivity contribution in [3.05, 3.63) is 0 Å². The van der Waals surface area contributed by atoms with Crippen LogP contribution in [0.25, 0.3) is 0 Å². The first kappa shape index (κ1) is 9.20. The largest absolute Gasteiger partial charge is 0.302 e. The van der Waals surface area contributed by atoms with Gasteiger partial charge in [-0.05, 0) is 31.6 Å². The Balaban J connectivity index is 2.00. The SMILES string of the molecule is CCC1CC2CCC(C1)N2CC=O. The van der Waals surface area contributed by atoms with Crippen LogP contribution in [-0.2, 0) is 4.79 Å². The van der Waals surface area contributed by atoms with Gasteiger partial charge in [0, 0.05) is 12.1 Å². The molecule has 2 heteroatoms. The van der Waals surface area contributed by atoms with Crippen LogP contribution in [0.3, 0.4) is 0 Å². The lowest BCUT2D eigenvalue weighted by molar-refractivity contribution is -0.110. The fourth-order valence-corrected chi connectivity index (χ4v) is 3.10. The summed E-state index contributed by atoms with van der Waals surface area (Å²) in [4.78, 5) is 12.9. The number of hydrogen-bond acceptors (Lipinski definition) is 2. The lowest BCUT2D eigenvalue weighted by atomic mass is 9.89. The second kappa shape index (κ2) is 3.79. The fourth-order valence-electron chi connectivity index (χ4n) is 3.10. The molecule has 2 saturated heterocycles. The van der Waals surface area contributed by atoms with Gasteiger partial charge in [-0.15, -0.1) is 0 Å². The number of nitrogens with zero attached hydrogens (tertiary/aromatic N) is 1. The summed E-state index contributed by atoms with van der Waals surface area (Å²) in [6.45, 7) is 2.96. The van der Waals surface area contributed by atoms with Crippen LogP contribution >= 0.6 is 0 Å². The van der Waals surface area contributed by atoms with Gasteiger partial charge >= 0.3 is 0 Å². The van der Waals surface area contributed by atoms with Crippen LogP contribution in [0.1, 0.15) is 39.0 Å². The molecule has 2 rings (SSSR count). The molecular weight excluding hydrogens is 162 g/mol. The van der Waals surface area contributed by atoms with Crippen LogP contribution in [0.2, 0.25) is 0 Å². The van der Waals surface area contributed by atoms with E-state index < -0.39 is 0 Å². The van der Waals surface area contributed by atoms with Crippen molar-refractivity contribution in [2.45, 2.75) is 51.1 Å². The highest BCUT2D eigenvalue weighted by Gasteiger charge is 2.39. The van der Waals surface area contributed by atoms with Gasteiger partial charge in [-0.3, -0.25) is 4.90 Å². The zero-order valence-electron chi connectivity index (χ0n) is 8.41. The summed E-state index contributed by atoms with van der Waals surface area (Å²) in [5, 5.41) is 0. The van der Waals surface area contributed by atoms with E-state index >= 15 is 0 Å². The topological polar surface area (TPSA) is 20.3 Å². The van der Waals surface area contributed by atoms with Crippen molar-refractivity contribution in [1.82, 2.24) is 4.90 Å². The number of carbonyl (C=O) groups is 1. The maximum Gasteiger partial charge on any atom is 0.134 e. The lowest BCUT2D eigenvalue weighted by Gasteiger charge is -2.37. The van der Waals surface area contributed by atoms with Gasteiger partial charge in [0.2, 0.25) is 0 Å². The van der Waals surface area contributed by atoms with Crippen LogP contribution in [0.5, 0.6) is 0 Å². The van der Waals surface area contributed by atoms with Crippen LogP contribution in [-0.4, -0.2) is 29.8 Å². The van der Waals surface area contributed by atoms with Crippen molar-refractivity contribution in [2.24, 2.45) is 5.92 Å². The minimum Gasteiger partial charge on any atom is -0.302 e. The summed E-state index contributed by atoms with van der Waals surface area (Å²) in [5.74, 6) is 0.931. The van der Waals surface area contributed by atoms with Crippen molar-refractivity contribution in [3.8, 4) is 0 Å². The molecule has 74 valence electrons. The van der Waals surface area contributed by atoms with Crippen molar-refractivity contribution in [2.75, 3.05) is 6.54 Å². The van der Waals surface area contributed by atoms with E-state index in [1.54, 1.807) is 0 Å². The van der Waals surface area contributed by atoms with E-state index in [1.807, 2.05) is 0 Å². The third-order valence-electron chi connectivity index (χ3n) is 3.84. The van der Waals surface area contributed by atoms with Gasteiger partial charge in [0.1, 0.15) is 6.29 Å². The van der Waals surface area contributed by atoms with E-state index in [0.29, 0.717) is 6.54 Å². The first-order chi connectivity index (χ1) is 6.35. The van der Waals surface area contributed by atoms with Gasteiger partial charge in [0.05, 0.1) is 6.54 Å². The molecule has 2 bridgehead atoms. The van der Waals surface area contributed by atoms with Crippen molar-refractivity contribution in [1.29, 1.82) is 0 Å². The van der Waals surface area contributed by atoms with Gasteiger partial charge in [0.25, 0.3) is 0 Å². The smallest absolute Gasteiger partial charge is 0.134 e. The molecule has 2 unspecified atom stereocenters. The minimum absolute atomic E-state index is 0.672. The summed E-state index contributed by atoms with van der Waals surface area (Å²) in [6.07, 6.45) is 7.71. The van der Waals surface area contributed by atoms with Crippen LogP contribution < -0.4 is 0 Å². The van der Waals surface area contributed by atoms with E-state index in [2.05, 4.69) is 11.8 Å². The molecule has 0 aromatic heterocycles. The standard InChI is InChI=1S/C11H19NO/c1-2-9-7-10-3-4-11(8-9)12(10)5-6-13/h6,9-11H,2-5,7-8H2,1H3. The number of carbonyl (C=O) groups excluding carboxylic acids is 1. The van der Waals surface area contributed by atoms with Crippen LogP contribution in [0.4, 0.5) is 0 Å². The van der Waals surface area contributed by atoms with E-state index in [4.69, 9.17) is 0 Å². The molecule has 13 heavy (non-hydrogen) atoms. The molecule has 0 aromatic carbocycles. The van der Waals surface area contributed by atoms with Crippen molar-refractivity contribution < 1.29 is 4.79 Å². The predicted octanol–water partition coefficient (Wildman–Crippen LogP) is 1.84. The summed E-state index contributed by atoms with van der Waals surface area (Å²) in [5.41, 5.74) is 0. The van der Waals surface area contributed by atoms with Gasteiger partial charge < -0.3 is 4.79 Å². The monoisotopic (exact) mass is 181 g/mol. The molecule has 2 nitrogen and oxygen atoms in total. The average molecular weight is 181 g/mol. The zero-order chi connectivity index (χ0) is 9.26. The average Bonchev–Trinajstić information content (AvgIpc) is 2.39. The summed E-state index contributed by atoms with van der Waals surface area (Å²) in [6, 6.07) is 1.46. The normalized spacial score (nSPS) is 39.3. The maximum atomic E-state index is 10.5.